The standard InChI is InChI=1S/C26H25N5O.C23H30N4/c32-25(21-11-5-2-6-12-21)30-15-17-31(18-16-30)26-28-23-14-8-7-13-22(23)24(29-26)27-19-20-9-3-1-4-10-20;1-4-8-27(9-5-1)22-24-20-7-3-2-6-19(20)21(25-22)26-23-13-16-10-17(14-23)12-18(11-16)15-23/h1-14H,15-19H2,(H,27,28,29);2-3,6-7,16-18H,1,4-5,8-15H2,(H,24,25,26). The van der Waals surface area contributed by atoms with Gasteiger partial charge in [-0.15, -0.1) is 0 Å². The highest BCUT2D eigenvalue weighted by Crippen LogP contribution is 2.56. The Hall–Kier alpha value is -5.77. The number of carbonyl (C=O) groups excluding carboxylic acids is 1. The Kier molecular flexibility index (Phi) is 10.5. The topological polar surface area (TPSA) is 102 Å². The van der Waals surface area contributed by atoms with Gasteiger partial charge in [0.1, 0.15) is 11.6 Å². The maximum absolute atomic E-state index is 12.8. The number of fused-ring (bicyclic) bond motifs is 2. The molecule has 0 atom stereocenters. The lowest BCUT2D eigenvalue weighted by molar-refractivity contribution is 0.0106. The molecule has 4 aliphatic carbocycles. The first kappa shape index (κ1) is 37.5. The Balaban J connectivity index is 0.000000144. The minimum atomic E-state index is 0.0786. The number of piperidine rings is 1. The van der Waals surface area contributed by atoms with Crippen LogP contribution in [0.1, 0.15) is 73.7 Å². The average molecular weight is 786 g/mol. The van der Waals surface area contributed by atoms with Crippen LogP contribution in [0.5, 0.6) is 0 Å². The third-order valence-electron chi connectivity index (χ3n) is 13.4. The van der Waals surface area contributed by atoms with E-state index in [2.05, 4.69) is 56.8 Å². The quantitative estimate of drug-likeness (QED) is 0.156. The predicted octanol–water partition coefficient (Wildman–Crippen LogP) is 9.21. The van der Waals surface area contributed by atoms with Gasteiger partial charge >= 0.3 is 0 Å². The van der Waals surface area contributed by atoms with Crippen molar-refractivity contribution in [1.82, 2.24) is 24.8 Å². The molecule has 59 heavy (non-hydrogen) atoms. The van der Waals surface area contributed by atoms with Gasteiger partial charge in [-0.05, 0) is 118 Å². The van der Waals surface area contributed by atoms with E-state index in [1.54, 1.807) is 0 Å². The molecular weight excluding hydrogens is 731 g/mol. The summed E-state index contributed by atoms with van der Waals surface area (Å²) in [5.74, 6) is 6.46. The van der Waals surface area contributed by atoms with E-state index in [4.69, 9.17) is 19.9 Å². The fourth-order valence-corrected chi connectivity index (χ4v) is 10.9. The molecule has 0 spiro atoms. The van der Waals surface area contributed by atoms with Crippen LogP contribution in [-0.4, -0.2) is 75.6 Å². The molecule has 2 saturated heterocycles. The normalized spacial score (nSPS) is 23.5. The van der Waals surface area contributed by atoms with Gasteiger partial charge < -0.3 is 25.3 Å². The Morgan fingerprint density at radius 2 is 1.07 bits per heavy atom. The number of nitrogens with zero attached hydrogens (tertiary/aromatic N) is 7. The molecule has 10 nitrogen and oxygen atoms in total. The third-order valence-corrected chi connectivity index (χ3v) is 13.4. The lowest BCUT2D eigenvalue weighted by atomic mass is 9.53. The molecule has 302 valence electrons. The zero-order valence-electron chi connectivity index (χ0n) is 34.0. The van der Waals surface area contributed by atoms with E-state index in [-0.39, 0.29) is 11.4 Å². The smallest absolute Gasteiger partial charge is 0.253 e. The van der Waals surface area contributed by atoms with Gasteiger partial charge in [0, 0.05) is 67.7 Å². The van der Waals surface area contributed by atoms with Gasteiger partial charge in [0.2, 0.25) is 11.9 Å². The highest BCUT2D eigenvalue weighted by atomic mass is 16.2. The maximum Gasteiger partial charge on any atom is 0.253 e. The van der Waals surface area contributed by atoms with Crippen molar-refractivity contribution >= 4 is 51.2 Å². The molecule has 4 saturated carbocycles. The van der Waals surface area contributed by atoms with Crippen LogP contribution in [0.3, 0.4) is 0 Å². The number of para-hydroxylation sites is 2. The van der Waals surface area contributed by atoms with Crippen molar-refractivity contribution in [3.63, 3.8) is 0 Å². The molecule has 1 amide bonds. The van der Waals surface area contributed by atoms with Crippen LogP contribution < -0.4 is 20.4 Å². The van der Waals surface area contributed by atoms with E-state index in [0.717, 1.165) is 70.4 Å². The van der Waals surface area contributed by atoms with Crippen molar-refractivity contribution in [2.45, 2.75) is 69.9 Å². The summed E-state index contributed by atoms with van der Waals surface area (Å²) in [5.41, 5.74) is 4.21. The van der Waals surface area contributed by atoms with Gasteiger partial charge in [-0.3, -0.25) is 4.79 Å². The second-order valence-electron chi connectivity index (χ2n) is 17.6. The molecule has 4 bridgehead atoms. The summed E-state index contributed by atoms with van der Waals surface area (Å²) < 4.78 is 0. The minimum absolute atomic E-state index is 0.0786. The maximum atomic E-state index is 12.8. The van der Waals surface area contributed by atoms with E-state index in [0.29, 0.717) is 38.7 Å². The zero-order chi connectivity index (χ0) is 39.6. The van der Waals surface area contributed by atoms with E-state index in [1.807, 2.05) is 77.7 Å². The number of piperazine rings is 1. The first-order valence-corrected chi connectivity index (χ1v) is 22.0. The lowest BCUT2D eigenvalue weighted by Crippen LogP contribution is -2.55. The fraction of sp³-hybridized carbons (Fsp3) is 0.408. The molecule has 2 aliphatic heterocycles. The lowest BCUT2D eigenvalue weighted by Gasteiger charge is -2.57. The molecule has 6 aromatic rings. The number of anilines is 4. The second kappa shape index (κ2) is 16.5. The van der Waals surface area contributed by atoms with E-state index in [1.165, 1.54) is 68.7 Å². The van der Waals surface area contributed by atoms with Crippen LogP contribution in [0.4, 0.5) is 23.5 Å². The molecule has 4 aromatic carbocycles. The first-order valence-electron chi connectivity index (χ1n) is 22.0. The van der Waals surface area contributed by atoms with Crippen LogP contribution in [-0.2, 0) is 6.54 Å². The van der Waals surface area contributed by atoms with Gasteiger partial charge in [0.15, 0.2) is 0 Å². The predicted molar refractivity (Wildman–Crippen MR) is 238 cm³/mol. The Morgan fingerprint density at radius 1 is 0.559 bits per heavy atom. The van der Waals surface area contributed by atoms with Gasteiger partial charge in [0.05, 0.1) is 11.0 Å². The highest BCUT2D eigenvalue weighted by Gasteiger charge is 2.51. The van der Waals surface area contributed by atoms with Crippen molar-refractivity contribution in [1.29, 1.82) is 0 Å². The van der Waals surface area contributed by atoms with Crippen molar-refractivity contribution in [3.8, 4) is 0 Å². The van der Waals surface area contributed by atoms with Gasteiger partial charge in [-0.1, -0.05) is 72.8 Å². The van der Waals surface area contributed by atoms with Crippen LogP contribution in [0.2, 0.25) is 0 Å². The van der Waals surface area contributed by atoms with Crippen molar-refractivity contribution < 1.29 is 4.79 Å². The van der Waals surface area contributed by atoms with Crippen LogP contribution in [0, 0.1) is 17.8 Å². The molecule has 0 radical (unpaired) electrons. The number of hydrogen-bond acceptors (Lipinski definition) is 9. The van der Waals surface area contributed by atoms with Crippen LogP contribution in [0.25, 0.3) is 21.8 Å². The van der Waals surface area contributed by atoms with E-state index in [9.17, 15) is 4.79 Å². The second-order valence-corrected chi connectivity index (χ2v) is 17.6. The van der Waals surface area contributed by atoms with E-state index >= 15 is 0 Å². The molecule has 6 aliphatic rings. The number of rotatable bonds is 8. The summed E-state index contributed by atoms with van der Waals surface area (Å²) in [6.07, 6.45) is 12.3. The van der Waals surface area contributed by atoms with Crippen LogP contribution in [0.15, 0.2) is 109 Å². The molecule has 6 fully saturated rings. The Morgan fingerprint density at radius 3 is 1.68 bits per heavy atom. The third kappa shape index (κ3) is 8.14. The molecule has 2 aromatic heterocycles. The molecule has 10 heteroatoms. The van der Waals surface area contributed by atoms with Gasteiger partial charge in [-0.2, -0.15) is 9.97 Å². The molecule has 2 N–H and O–H groups in total. The summed E-state index contributed by atoms with van der Waals surface area (Å²) in [7, 11) is 0. The average Bonchev–Trinajstić information content (AvgIpc) is 3.28. The molecule has 12 rings (SSSR count). The summed E-state index contributed by atoms with van der Waals surface area (Å²) in [6, 6.07) is 36.4. The molecular formula is C49H55N9O. The summed E-state index contributed by atoms with van der Waals surface area (Å²) in [4.78, 5) is 38.9. The summed E-state index contributed by atoms with van der Waals surface area (Å²) in [5, 5.41) is 9.71. The monoisotopic (exact) mass is 785 g/mol. The number of nitrogens with one attached hydrogen (secondary N) is 2. The summed E-state index contributed by atoms with van der Waals surface area (Å²) >= 11 is 0. The summed E-state index contributed by atoms with van der Waals surface area (Å²) in [6.45, 7) is 5.59. The van der Waals surface area contributed by atoms with Gasteiger partial charge in [-0.25, -0.2) is 9.97 Å². The number of hydrogen-bond donors (Lipinski definition) is 2. The number of aromatic nitrogens is 4. The fourth-order valence-electron chi connectivity index (χ4n) is 10.9. The Bertz CT molecular complexity index is 2360. The number of carbonyl (C=O) groups is 1. The zero-order valence-corrected chi connectivity index (χ0v) is 34.0. The van der Waals surface area contributed by atoms with Crippen molar-refractivity contribution in [2.75, 3.05) is 59.7 Å². The van der Waals surface area contributed by atoms with E-state index < -0.39 is 0 Å². The van der Waals surface area contributed by atoms with Crippen LogP contribution >= 0.6 is 0 Å². The molecule has 0 unspecified atom stereocenters. The first-order chi connectivity index (χ1) is 29.0. The number of amides is 1. The van der Waals surface area contributed by atoms with Crippen molar-refractivity contribution in [2.24, 2.45) is 17.8 Å². The largest absolute Gasteiger partial charge is 0.365 e. The Labute approximate surface area is 347 Å². The molecule has 4 heterocycles. The van der Waals surface area contributed by atoms with Gasteiger partial charge in [0.25, 0.3) is 5.91 Å². The minimum Gasteiger partial charge on any atom is -0.365 e. The number of benzene rings is 4. The highest BCUT2D eigenvalue weighted by molar-refractivity contribution is 5.94. The van der Waals surface area contributed by atoms with Crippen molar-refractivity contribution in [3.05, 3.63) is 120 Å². The SMILES string of the molecule is O=C(c1ccccc1)N1CCN(c2nc(NCc3ccccc3)c3ccccc3n2)CC1.c1ccc2c(NC34CC5CC(CC(C5)C3)C4)nc(N3CCCCC3)nc2c1.